The van der Waals surface area contributed by atoms with Gasteiger partial charge in [-0.25, -0.2) is 0 Å². The lowest BCUT2D eigenvalue weighted by Crippen LogP contribution is -2.47. The molecule has 2 aromatic carbocycles. The third kappa shape index (κ3) is 5.70. The van der Waals surface area contributed by atoms with Crippen molar-refractivity contribution in [2.75, 3.05) is 23.7 Å². The summed E-state index contributed by atoms with van der Waals surface area (Å²) in [7, 11) is 0. The van der Waals surface area contributed by atoms with E-state index in [1.54, 1.807) is 12.1 Å². The van der Waals surface area contributed by atoms with Crippen LogP contribution >= 0.6 is 0 Å². The quantitative estimate of drug-likeness (QED) is 0.625. The van der Waals surface area contributed by atoms with E-state index in [4.69, 9.17) is 0 Å². The van der Waals surface area contributed by atoms with Gasteiger partial charge < -0.3 is 10.6 Å². The molecule has 0 radical (unpaired) electrons. The zero-order valence-corrected chi connectivity index (χ0v) is 17.5. The minimum Gasteiger partial charge on any atom is -0.374 e. The minimum atomic E-state index is -0.462. The van der Waals surface area contributed by atoms with E-state index < -0.39 is 6.04 Å². The maximum Gasteiger partial charge on any atom is 0.255 e. The van der Waals surface area contributed by atoms with Crippen LogP contribution in [0.5, 0.6) is 0 Å². The summed E-state index contributed by atoms with van der Waals surface area (Å²) >= 11 is 0. The standard InChI is InChI=1S/C24H28N4O3/c29-22-12-11-21(24(31)27-22)25-19-5-4-6-20(15-19)26-23(30)18-9-7-17(8-10-18)16-28-13-2-1-3-14-28/h4-10,15,21,25H,1-3,11-14,16H2,(H,26,30)(H,27,29,31). The molecular weight excluding hydrogens is 392 g/mol. The number of hydrogen-bond donors (Lipinski definition) is 3. The largest absolute Gasteiger partial charge is 0.374 e. The van der Waals surface area contributed by atoms with Gasteiger partial charge in [-0.1, -0.05) is 24.6 Å². The van der Waals surface area contributed by atoms with Crippen molar-refractivity contribution in [3.05, 3.63) is 59.7 Å². The van der Waals surface area contributed by atoms with Gasteiger partial charge in [-0.2, -0.15) is 0 Å². The molecule has 162 valence electrons. The number of hydrogen-bond acceptors (Lipinski definition) is 5. The Hall–Kier alpha value is -3.19. The van der Waals surface area contributed by atoms with E-state index in [1.165, 1.54) is 24.8 Å². The normalized spacial score (nSPS) is 19.5. The van der Waals surface area contributed by atoms with Crippen LogP contribution in [0.1, 0.15) is 48.0 Å². The summed E-state index contributed by atoms with van der Waals surface area (Å²) in [5, 5.41) is 8.38. The van der Waals surface area contributed by atoms with Crippen molar-refractivity contribution >= 4 is 29.1 Å². The van der Waals surface area contributed by atoms with E-state index in [1.807, 2.05) is 36.4 Å². The zero-order valence-electron chi connectivity index (χ0n) is 17.5. The SMILES string of the molecule is O=C1CCC(Nc2cccc(NC(=O)c3ccc(CN4CCCCC4)cc3)c2)C(=O)N1. The van der Waals surface area contributed by atoms with Gasteiger partial charge in [0.05, 0.1) is 0 Å². The molecule has 1 unspecified atom stereocenters. The van der Waals surface area contributed by atoms with Crippen molar-refractivity contribution in [3.8, 4) is 0 Å². The molecule has 0 saturated carbocycles. The molecule has 3 amide bonds. The predicted molar refractivity (Wildman–Crippen MR) is 120 cm³/mol. The summed E-state index contributed by atoms with van der Waals surface area (Å²) in [6.45, 7) is 3.22. The topological polar surface area (TPSA) is 90.5 Å². The van der Waals surface area contributed by atoms with E-state index in [2.05, 4.69) is 20.9 Å². The van der Waals surface area contributed by atoms with Gasteiger partial charge in [-0.15, -0.1) is 0 Å². The number of piperidine rings is 2. The Kier molecular flexibility index (Phi) is 6.62. The van der Waals surface area contributed by atoms with Crippen LogP contribution in [0.25, 0.3) is 0 Å². The Morgan fingerprint density at radius 1 is 1.00 bits per heavy atom. The highest BCUT2D eigenvalue weighted by molar-refractivity contribution is 6.04. The average molecular weight is 421 g/mol. The second-order valence-corrected chi connectivity index (χ2v) is 8.22. The van der Waals surface area contributed by atoms with Gasteiger partial charge in [0.15, 0.2) is 0 Å². The molecule has 4 rings (SSSR count). The first-order valence-electron chi connectivity index (χ1n) is 10.9. The highest BCUT2D eigenvalue weighted by atomic mass is 16.2. The minimum absolute atomic E-state index is 0.178. The number of nitrogens with one attached hydrogen (secondary N) is 3. The molecule has 0 aliphatic carbocycles. The van der Waals surface area contributed by atoms with E-state index in [-0.39, 0.29) is 17.7 Å². The highest BCUT2D eigenvalue weighted by Gasteiger charge is 2.26. The van der Waals surface area contributed by atoms with Crippen LogP contribution in [0.2, 0.25) is 0 Å². The number of rotatable bonds is 6. The number of imide groups is 1. The number of anilines is 2. The highest BCUT2D eigenvalue weighted by Crippen LogP contribution is 2.20. The number of nitrogens with zero attached hydrogens (tertiary/aromatic N) is 1. The fraction of sp³-hybridized carbons (Fsp3) is 0.375. The van der Waals surface area contributed by atoms with Crippen molar-refractivity contribution in [1.82, 2.24) is 10.2 Å². The molecule has 2 saturated heterocycles. The van der Waals surface area contributed by atoms with Crippen LogP contribution in [-0.2, 0) is 16.1 Å². The fourth-order valence-corrected chi connectivity index (χ4v) is 4.06. The molecule has 3 N–H and O–H groups in total. The molecule has 7 heteroatoms. The second kappa shape index (κ2) is 9.75. The zero-order chi connectivity index (χ0) is 21.6. The molecular formula is C24H28N4O3. The van der Waals surface area contributed by atoms with Crippen molar-refractivity contribution in [3.63, 3.8) is 0 Å². The maximum atomic E-state index is 12.7. The van der Waals surface area contributed by atoms with Gasteiger partial charge in [0.1, 0.15) is 6.04 Å². The molecule has 2 aliphatic heterocycles. The van der Waals surface area contributed by atoms with E-state index in [0.29, 0.717) is 29.8 Å². The van der Waals surface area contributed by atoms with E-state index in [9.17, 15) is 14.4 Å². The Bertz CT molecular complexity index is 952. The molecule has 0 spiro atoms. The molecule has 2 aliphatic rings. The first-order valence-corrected chi connectivity index (χ1v) is 10.9. The van der Waals surface area contributed by atoms with Crippen LogP contribution < -0.4 is 16.0 Å². The van der Waals surface area contributed by atoms with Gasteiger partial charge in [0, 0.05) is 29.9 Å². The summed E-state index contributed by atoms with van der Waals surface area (Å²) in [6.07, 6.45) is 4.61. The van der Waals surface area contributed by atoms with Gasteiger partial charge in [-0.3, -0.25) is 24.6 Å². The molecule has 2 aromatic rings. The average Bonchev–Trinajstić information content (AvgIpc) is 2.77. The van der Waals surface area contributed by atoms with Gasteiger partial charge >= 0.3 is 0 Å². The summed E-state index contributed by atoms with van der Waals surface area (Å²) in [6, 6.07) is 14.5. The maximum absolute atomic E-state index is 12.7. The van der Waals surface area contributed by atoms with Gasteiger partial charge in [0.2, 0.25) is 11.8 Å². The molecule has 0 bridgehead atoms. The summed E-state index contributed by atoms with van der Waals surface area (Å²) in [5.74, 6) is -0.746. The van der Waals surface area contributed by atoms with Crippen LogP contribution in [0.3, 0.4) is 0 Å². The van der Waals surface area contributed by atoms with Crippen LogP contribution in [0.4, 0.5) is 11.4 Å². The molecule has 1 atom stereocenters. The molecule has 0 aromatic heterocycles. The van der Waals surface area contributed by atoms with Crippen LogP contribution in [0.15, 0.2) is 48.5 Å². The molecule has 2 heterocycles. The monoisotopic (exact) mass is 420 g/mol. The summed E-state index contributed by atoms with van der Waals surface area (Å²) < 4.78 is 0. The lowest BCUT2D eigenvalue weighted by atomic mass is 10.1. The number of carbonyl (C=O) groups excluding carboxylic acids is 3. The van der Waals surface area contributed by atoms with Crippen LogP contribution in [-0.4, -0.2) is 41.8 Å². The number of benzene rings is 2. The fourth-order valence-electron chi connectivity index (χ4n) is 4.06. The van der Waals surface area contributed by atoms with Crippen molar-refractivity contribution in [2.24, 2.45) is 0 Å². The third-order valence-corrected chi connectivity index (χ3v) is 5.77. The number of carbonyl (C=O) groups is 3. The number of amides is 3. The van der Waals surface area contributed by atoms with Gasteiger partial charge in [0.25, 0.3) is 5.91 Å². The van der Waals surface area contributed by atoms with E-state index >= 15 is 0 Å². The Balaban J connectivity index is 1.34. The Labute approximate surface area is 182 Å². The predicted octanol–water partition coefficient (Wildman–Crippen LogP) is 3.14. The Morgan fingerprint density at radius 3 is 2.48 bits per heavy atom. The summed E-state index contributed by atoms with van der Waals surface area (Å²) in [4.78, 5) is 38.4. The van der Waals surface area contributed by atoms with Crippen molar-refractivity contribution < 1.29 is 14.4 Å². The Morgan fingerprint density at radius 2 is 1.74 bits per heavy atom. The first kappa shape index (κ1) is 21.1. The lowest BCUT2D eigenvalue weighted by Gasteiger charge is -2.26. The second-order valence-electron chi connectivity index (χ2n) is 8.22. The third-order valence-electron chi connectivity index (χ3n) is 5.77. The number of likely N-dealkylation sites (tertiary alicyclic amines) is 1. The first-order chi connectivity index (χ1) is 15.1. The van der Waals surface area contributed by atoms with E-state index in [0.717, 1.165) is 19.6 Å². The van der Waals surface area contributed by atoms with Crippen molar-refractivity contribution in [2.45, 2.75) is 44.7 Å². The van der Waals surface area contributed by atoms with Crippen LogP contribution in [0, 0.1) is 0 Å². The summed E-state index contributed by atoms with van der Waals surface area (Å²) in [5.41, 5.74) is 3.17. The molecule has 7 nitrogen and oxygen atoms in total. The van der Waals surface area contributed by atoms with Crippen molar-refractivity contribution in [1.29, 1.82) is 0 Å². The lowest BCUT2D eigenvalue weighted by molar-refractivity contribution is -0.133. The van der Waals surface area contributed by atoms with Gasteiger partial charge in [-0.05, 0) is 68.2 Å². The smallest absolute Gasteiger partial charge is 0.255 e. The molecule has 2 fully saturated rings. The molecule has 31 heavy (non-hydrogen) atoms.